The van der Waals surface area contributed by atoms with Crippen LogP contribution in [-0.4, -0.2) is 31.6 Å². The summed E-state index contributed by atoms with van der Waals surface area (Å²) in [5, 5.41) is 12.2. The van der Waals surface area contributed by atoms with Crippen LogP contribution in [0.25, 0.3) is 11.2 Å². The average Bonchev–Trinajstić information content (AvgIpc) is 2.60. The van der Waals surface area contributed by atoms with Gasteiger partial charge in [-0.15, -0.1) is 0 Å². The minimum atomic E-state index is -0.207. The SMILES string of the molecule is CCCCNc1nc(N)c2nc(O)[nH]c2n1. The molecule has 7 heteroatoms. The summed E-state index contributed by atoms with van der Waals surface area (Å²) in [6, 6.07) is -0.207. The third-order valence-corrected chi connectivity index (χ3v) is 2.17. The fourth-order valence-corrected chi connectivity index (χ4v) is 1.37. The number of nitrogen functional groups attached to an aromatic ring is 1. The highest BCUT2D eigenvalue weighted by molar-refractivity contribution is 5.83. The van der Waals surface area contributed by atoms with Gasteiger partial charge in [-0.25, -0.2) is 0 Å². The minimum Gasteiger partial charge on any atom is -0.480 e. The molecule has 7 nitrogen and oxygen atoms in total. The Morgan fingerprint density at radius 2 is 2.19 bits per heavy atom. The number of rotatable bonds is 4. The van der Waals surface area contributed by atoms with Crippen molar-refractivity contribution in [2.24, 2.45) is 0 Å². The van der Waals surface area contributed by atoms with Crippen LogP contribution in [0.1, 0.15) is 19.8 Å². The number of hydrogen-bond donors (Lipinski definition) is 4. The van der Waals surface area contributed by atoms with Gasteiger partial charge in [-0.1, -0.05) is 13.3 Å². The molecule has 0 amide bonds. The molecule has 0 unspecified atom stereocenters. The van der Waals surface area contributed by atoms with E-state index in [9.17, 15) is 5.11 Å². The molecule has 2 aromatic rings. The zero-order valence-corrected chi connectivity index (χ0v) is 8.99. The number of imidazole rings is 1. The molecule has 16 heavy (non-hydrogen) atoms. The largest absolute Gasteiger partial charge is 0.480 e. The summed E-state index contributed by atoms with van der Waals surface area (Å²) in [4.78, 5) is 14.6. The van der Waals surface area contributed by atoms with E-state index >= 15 is 0 Å². The van der Waals surface area contributed by atoms with E-state index < -0.39 is 0 Å². The second kappa shape index (κ2) is 4.21. The number of nitrogens with one attached hydrogen (secondary N) is 2. The number of unbranched alkanes of at least 4 members (excludes halogenated alkanes) is 1. The molecule has 0 fully saturated rings. The molecule has 5 N–H and O–H groups in total. The van der Waals surface area contributed by atoms with E-state index in [-0.39, 0.29) is 11.8 Å². The van der Waals surface area contributed by atoms with Crippen LogP contribution in [0.4, 0.5) is 11.8 Å². The zero-order chi connectivity index (χ0) is 11.5. The smallest absolute Gasteiger partial charge is 0.293 e. The molecule has 0 aliphatic carbocycles. The Kier molecular flexibility index (Phi) is 2.76. The minimum absolute atomic E-state index is 0.207. The van der Waals surface area contributed by atoms with Crippen molar-refractivity contribution in [1.82, 2.24) is 19.9 Å². The summed E-state index contributed by atoms with van der Waals surface area (Å²) in [6.07, 6.45) is 2.13. The summed E-state index contributed by atoms with van der Waals surface area (Å²) in [6.45, 7) is 2.90. The molecule has 0 radical (unpaired) electrons. The lowest BCUT2D eigenvalue weighted by molar-refractivity contribution is 0.438. The van der Waals surface area contributed by atoms with Gasteiger partial charge in [-0.2, -0.15) is 15.0 Å². The molecular weight excluding hydrogens is 208 g/mol. The van der Waals surface area contributed by atoms with Gasteiger partial charge in [0, 0.05) is 6.54 Å². The number of aromatic amines is 1. The van der Waals surface area contributed by atoms with Crippen molar-refractivity contribution in [2.45, 2.75) is 19.8 Å². The molecule has 2 rings (SSSR count). The maximum Gasteiger partial charge on any atom is 0.293 e. The van der Waals surface area contributed by atoms with E-state index in [1.165, 1.54) is 0 Å². The van der Waals surface area contributed by atoms with Crippen LogP contribution < -0.4 is 11.1 Å². The van der Waals surface area contributed by atoms with Crippen molar-refractivity contribution in [1.29, 1.82) is 0 Å². The third-order valence-electron chi connectivity index (χ3n) is 2.17. The molecule has 0 saturated heterocycles. The fourth-order valence-electron chi connectivity index (χ4n) is 1.37. The van der Waals surface area contributed by atoms with E-state index in [4.69, 9.17) is 5.73 Å². The zero-order valence-electron chi connectivity index (χ0n) is 8.99. The standard InChI is InChI=1S/C9H14N6O/c1-2-3-4-11-8-13-6(10)5-7(14-8)15-9(16)12-5/h2-4H2,1H3,(H5,10,11,12,13,14,15,16). The van der Waals surface area contributed by atoms with Crippen molar-refractivity contribution >= 4 is 22.9 Å². The third kappa shape index (κ3) is 1.97. The molecule has 86 valence electrons. The van der Waals surface area contributed by atoms with Crippen molar-refractivity contribution < 1.29 is 5.11 Å². The van der Waals surface area contributed by atoms with E-state index in [0.717, 1.165) is 19.4 Å². The fraction of sp³-hybridized carbons (Fsp3) is 0.444. The molecule has 2 heterocycles. The summed E-state index contributed by atoms with van der Waals surface area (Å²) in [5.41, 5.74) is 6.51. The number of anilines is 2. The van der Waals surface area contributed by atoms with Gasteiger partial charge in [0.25, 0.3) is 6.01 Å². The Morgan fingerprint density at radius 1 is 1.38 bits per heavy atom. The molecule has 0 atom stereocenters. The number of nitrogens with zero attached hydrogens (tertiary/aromatic N) is 3. The number of nitrogens with two attached hydrogens (primary N) is 1. The number of hydrogen-bond acceptors (Lipinski definition) is 6. The molecule has 2 aromatic heterocycles. The molecule has 0 saturated carbocycles. The van der Waals surface area contributed by atoms with Crippen LogP contribution in [0.3, 0.4) is 0 Å². The van der Waals surface area contributed by atoms with Crippen molar-refractivity contribution in [3.8, 4) is 6.01 Å². The predicted octanol–water partition coefficient (Wildman–Crippen LogP) is 0.853. The number of fused-ring (bicyclic) bond motifs is 1. The first-order chi connectivity index (χ1) is 7.70. The van der Waals surface area contributed by atoms with Crippen LogP contribution in [0.2, 0.25) is 0 Å². The average molecular weight is 222 g/mol. The van der Waals surface area contributed by atoms with Crippen LogP contribution in [0, 0.1) is 0 Å². The van der Waals surface area contributed by atoms with Crippen LogP contribution in [-0.2, 0) is 0 Å². The highest BCUT2D eigenvalue weighted by Gasteiger charge is 2.09. The van der Waals surface area contributed by atoms with E-state index in [0.29, 0.717) is 17.1 Å². The molecule has 0 aromatic carbocycles. The maximum absolute atomic E-state index is 9.18. The lowest BCUT2D eigenvalue weighted by atomic mass is 10.3. The van der Waals surface area contributed by atoms with Crippen LogP contribution in [0.5, 0.6) is 6.01 Å². The van der Waals surface area contributed by atoms with Gasteiger partial charge in [-0.05, 0) is 6.42 Å². The van der Waals surface area contributed by atoms with Gasteiger partial charge in [-0.3, -0.25) is 4.98 Å². The quantitative estimate of drug-likeness (QED) is 0.570. The van der Waals surface area contributed by atoms with Gasteiger partial charge in [0.1, 0.15) is 0 Å². The number of aromatic nitrogens is 4. The second-order valence-corrected chi connectivity index (χ2v) is 3.47. The van der Waals surface area contributed by atoms with Gasteiger partial charge in [0.15, 0.2) is 17.0 Å². The lowest BCUT2D eigenvalue weighted by Gasteiger charge is -2.03. The Labute approximate surface area is 92.1 Å². The van der Waals surface area contributed by atoms with E-state index in [1.54, 1.807) is 0 Å². The normalized spacial score (nSPS) is 10.8. The van der Waals surface area contributed by atoms with Gasteiger partial charge >= 0.3 is 0 Å². The van der Waals surface area contributed by atoms with Gasteiger partial charge < -0.3 is 16.2 Å². The molecule has 0 aliphatic rings. The first-order valence-corrected chi connectivity index (χ1v) is 5.16. The molecule has 0 spiro atoms. The topological polar surface area (TPSA) is 113 Å². The molecular formula is C9H14N6O. The van der Waals surface area contributed by atoms with Gasteiger partial charge in [0.05, 0.1) is 0 Å². The predicted molar refractivity (Wildman–Crippen MR) is 61.2 cm³/mol. The van der Waals surface area contributed by atoms with E-state index in [2.05, 4.69) is 32.2 Å². The summed E-state index contributed by atoms with van der Waals surface area (Å²) in [5.74, 6) is 0.697. The first kappa shape index (κ1) is 10.5. The maximum atomic E-state index is 9.18. The summed E-state index contributed by atoms with van der Waals surface area (Å²) in [7, 11) is 0. The first-order valence-electron chi connectivity index (χ1n) is 5.16. The van der Waals surface area contributed by atoms with Crippen LogP contribution >= 0.6 is 0 Å². The highest BCUT2D eigenvalue weighted by Crippen LogP contribution is 2.19. The molecule has 0 aliphatic heterocycles. The summed E-state index contributed by atoms with van der Waals surface area (Å²) >= 11 is 0. The van der Waals surface area contributed by atoms with Gasteiger partial charge in [0.2, 0.25) is 5.95 Å². The number of H-pyrrole nitrogens is 1. The Balaban J connectivity index is 2.27. The second-order valence-electron chi connectivity index (χ2n) is 3.47. The van der Waals surface area contributed by atoms with Crippen molar-refractivity contribution in [3.05, 3.63) is 0 Å². The lowest BCUT2D eigenvalue weighted by Crippen LogP contribution is -2.06. The Hall–Kier alpha value is -2.05. The Bertz CT molecular complexity index is 494. The highest BCUT2D eigenvalue weighted by atomic mass is 16.3. The van der Waals surface area contributed by atoms with Crippen LogP contribution in [0.15, 0.2) is 0 Å². The monoisotopic (exact) mass is 222 g/mol. The summed E-state index contributed by atoms with van der Waals surface area (Å²) < 4.78 is 0. The van der Waals surface area contributed by atoms with Crippen molar-refractivity contribution in [2.75, 3.05) is 17.6 Å². The van der Waals surface area contributed by atoms with E-state index in [1.807, 2.05) is 0 Å². The molecule has 0 bridgehead atoms. The van der Waals surface area contributed by atoms with Crippen molar-refractivity contribution in [3.63, 3.8) is 0 Å². The number of aromatic hydroxyl groups is 1. The Morgan fingerprint density at radius 3 is 2.94 bits per heavy atom.